The van der Waals surface area contributed by atoms with Gasteiger partial charge >= 0.3 is 5.97 Å². The highest BCUT2D eigenvalue weighted by Crippen LogP contribution is 2.25. The number of nitrogens with one attached hydrogen (secondary N) is 1. The van der Waals surface area contributed by atoms with Gasteiger partial charge in [0.1, 0.15) is 0 Å². The molecule has 0 aliphatic heterocycles. The number of hydrogen-bond donors (Lipinski definition) is 1. The third kappa shape index (κ3) is 5.61. The lowest BCUT2D eigenvalue weighted by Crippen LogP contribution is -2.42. The number of rotatable bonds is 7. The van der Waals surface area contributed by atoms with Crippen molar-refractivity contribution < 1.29 is 9.53 Å². The van der Waals surface area contributed by atoms with Gasteiger partial charge in [0, 0.05) is 17.8 Å². The largest absolute Gasteiger partial charge is 0.466 e. The van der Waals surface area contributed by atoms with Gasteiger partial charge in [-0.1, -0.05) is 13.3 Å². The summed E-state index contributed by atoms with van der Waals surface area (Å²) in [5.74, 6) is 2.43. The van der Waals surface area contributed by atoms with Gasteiger partial charge in [0.05, 0.1) is 12.5 Å². The van der Waals surface area contributed by atoms with Crippen molar-refractivity contribution in [1.29, 1.82) is 0 Å². The number of carbonyl (C=O) groups is 1. The lowest BCUT2D eigenvalue weighted by atomic mass is 9.85. The quantitative estimate of drug-likeness (QED) is 0.724. The minimum atomic E-state index is -0.000383. The van der Waals surface area contributed by atoms with E-state index in [1.807, 2.05) is 18.7 Å². The van der Waals surface area contributed by atoms with E-state index in [2.05, 4.69) is 19.2 Å². The van der Waals surface area contributed by atoms with Gasteiger partial charge in [-0.3, -0.25) is 4.79 Å². The van der Waals surface area contributed by atoms with Crippen LogP contribution in [0.5, 0.6) is 0 Å². The molecule has 1 fully saturated rings. The molecule has 0 saturated heterocycles. The molecule has 0 amide bonds. The highest BCUT2D eigenvalue weighted by atomic mass is 32.2. The molecule has 4 heteroatoms. The van der Waals surface area contributed by atoms with Crippen molar-refractivity contribution >= 4 is 17.7 Å². The Bertz CT molecular complexity index is 248. The average Bonchev–Trinajstić information content (AvgIpc) is 2.37. The van der Waals surface area contributed by atoms with Crippen LogP contribution in [0.15, 0.2) is 0 Å². The monoisotopic (exact) mass is 273 g/mol. The molecule has 106 valence electrons. The van der Waals surface area contributed by atoms with Gasteiger partial charge in [0.15, 0.2) is 0 Å². The molecule has 1 aliphatic rings. The van der Waals surface area contributed by atoms with Gasteiger partial charge in [-0.05, 0) is 38.9 Å². The maximum Gasteiger partial charge on any atom is 0.308 e. The van der Waals surface area contributed by atoms with Gasteiger partial charge in [0.2, 0.25) is 0 Å². The van der Waals surface area contributed by atoms with Crippen LogP contribution in [0.2, 0.25) is 0 Å². The van der Waals surface area contributed by atoms with Crippen LogP contribution >= 0.6 is 11.8 Å². The van der Waals surface area contributed by atoms with Crippen LogP contribution in [0.3, 0.4) is 0 Å². The first-order valence-corrected chi connectivity index (χ1v) is 8.33. The third-order valence-electron chi connectivity index (χ3n) is 3.39. The molecule has 1 saturated carbocycles. The number of carbonyl (C=O) groups excluding carboxylic acids is 1. The maximum atomic E-state index is 11.7. The fourth-order valence-electron chi connectivity index (χ4n) is 2.56. The minimum Gasteiger partial charge on any atom is -0.466 e. The molecule has 1 N–H and O–H groups in total. The van der Waals surface area contributed by atoms with E-state index in [1.165, 1.54) is 12.2 Å². The first-order chi connectivity index (χ1) is 8.67. The van der Waals surface area contributed by atoms with Crippen LogP contribution in [-0.4, -0.2) is 36.2 Å². The van der Waals surface area contributed by atoms with E-state index in [1.54, 1.807) is 0 Å². The van der Waals surface area contributed by atoms with Crippen molar-refractivity contribution in [2.75, 3.05) is 18.1 Å². The Hall–Kier alpha value is -0.220. The zero-order chi connectivity index (χ0) is 13.4. The van der Waals surface area contributed by atoms with Crippen LogP contribution in [0.1, 0.15) is 46.5 Å². The molecule has 0 aromatic carbocycles. The van der Waals surface area contributed by atoms with Crippen LogP contribution < -0.4 is 5.32 Å². The fourth-order valence-corrected chi connectivity index (χ4v) is 3.25. The van der Waals surface area contributed by atoms with E-state index in [9.17, 15) is 4.79 Å². The second kappa shape index (κ2) is 8.81. The second-order valence-electron chi connectivity index (χ2n) is 5.04. The number of hydrogen-bond acceptors (Lipinski definition) is 4. The standard InChI is InChI=1S/C14H27NO2S/c1-4-17-14(16)12-7-6-8-13(9-12)15-11(3)10-18-5-2/h11-13,15H,4-10H2,1-3H3. The number of thioether (sulfide) groups is 1. The maximum absolute atomic E-state index is 11.7. The Morgan fingerprint density at radius 1 is 1.44 bits per heavy atom. The van der Waals surface area contributed by atoms with Crippen molar-refractivity contribution in [3.63, 3.8) is 0 Å². The summed E-state index contributed by atoms with van der Waals surface area (Å²) in [5, 5.41) is 3.65. The van der Waals surface area contributed by atoms with Crippen molar-refractivity contribution in [1.82, 2.24) is 5.32 Å². The van der Waals surface area contributed by atoms with Crippen molar-refractivity contribution in [2.24, 2.45) is 5.92 Å². The summed E-state index contributed by atoms with van der Waals surface area (Å²) < 4.78 is 5.13. The first-order valence-electron chi connectivity index (χ1n) is 7.17. The number of esters is 1. The molecule has 1 rings (SSSR count). The molecule has 0 bridgehead atoms. The smallest absolute Gasteiger partial charge is 0.308 e. The van der Waals surface area contributed by atoms with Gasteiger partial charge in [0.25, 0.3) is 0 Å². The molecule has 3 atom stereocenters. The SMILES string of the molecule is CCOC(=O)C1CCCC(NC(C)CSCC)C1. The van der Waals surface area contributed by atoms with E-state index < -0.39 is 0 Å². The minimum absolute atomic E-state index is 0.000383. The molecular formula is C14H27NO2S. The van der Waals surface area contributed by atoms with E-state index in [0.29, 0.717) is 18.7 Å². The molecule has 1 aliphatic carbocycles. The molecule has 0 aromatic rings. The van der Waals surface area contributed by atoms with Gasteiger partial charge in [-0.25, -0.2) is 0 Å². The van der Waals surface area contributed by atoms with Gasteiger partial charge in [-0.15, -0.1) is 0 Å². The summed E-state index contributed by atoms with van der Waals surface area (Å²) in [4.78, 5) is 11.7. The van der Waals surface area contributed by atoms with Crippen molar-refractivity contribution in [3.8, 4) is 0 Å². The van der Waals surface area contributed by atoms with Gasteiger partial charge in [-0.2, -0.15) is 11.8 Å². The van der Waals surface area contributed by atoms with Crippen molar-refractivity contribution in [3.05, 3.63) is 0 Å². The van der Waals surface area contributed by atoms with Crippen LogP contribution in [0, 0.1) is 5.92 Å². The fraction of sp³-hybridized carbons (Fsp3) is 0.929. The predicted molar refractivity (Wildman–Crippen MR) is 78.0 cm³/mol. The lowest BCUT2D eigenvalue weighted by molar-refractivity contribution is -0.149. The third-order valence-corrected chi connectivity index (χ3v) is 4.53. The first kappa shape index (κ1) is 15.8. The molecule has 0 radical (unpaired) electrons. The summed E-state index contributed by atoms with van der Waals surface area (Å²) in [5.41, 5.74) is 0. The highest BCUT2D eigenvalue weighted by Gasteiger charge is 2.28. The van der Waals surface area contributed by atoms with Crippen LogP contribution in [0.4, 0.5) is 0 Å². The van der Waals surface area contributed by atoms with Crippen LogP contribution in [-0.2, 0) is 9.53 Å². The summed E-state index contributed by atoms with van der Waals surface area (Å²) in [6, 6.07) is 1.02. The summed E-state index contributed by atoms with van der Waals surface area (Å²) >= 11 is 1.97. The van der Waals surface area contributed by atoms with E-state index >= 15 is 0 Å². The molecular weight excluding hydrogens is 246 g/mol. The van der Waals surface area contributed by atoms with E-state index in [-0.39, 0.29) is 11.9 Å². The highest BCUT2D eigenvalue weighted by molar-refractivity contribution is 7.99. The van der Waals surface area contributed by atoms with Gasteiger partial charge < -0.3 is 10.1 Å². The lowest BCUT2D eigenvalue weighted by Gasteiger charge is -2.30. The molecule has 0 heterocycles. The summed E-state index contributed by atoms with van der Waals surface area (Å²) in [7, 11) is 0. The van der Waals surface area contributed by atoms with E-state index in [4.69, 9.17) is 4.74 Å². The van der Waals surface area contributed by atoms with E-state index in [0.717, 1.165) is 25.0 Å². The molecule has 0 aromatic heterocycles. The molecule has 18 heavy (non-hydrogen) atoms. The number of ether oxygens (including phenoxy) is 1. The Morgan fingerprint density at radius 2 is 2.22 bits per heavy atom. The normalized spacial score (nSPS) is 25.7. The predicted octanol–water partition coefficient (Wildman–Crippen LogP) is 2.84. The Balaban J connectivity index is 2.32. The average molecular weight is 273 g/mol. The Kier molecular flexibility index (Phi) is 7.75. The second-order valence-corrected chi connectivity index (χ2v) is 6.36. The zero-order valence-electron chi connectivity index (χ0n) is 11.9. The summed E-state index contributed by atoms with van der Waals surface area (Å²) in [6.45, 7) is 6.79. The topological polar surface area (TPSA) is 38.3 Å². The Labute approximate surface area is 115 Å². The molecule has 3 nitrogen and oxygen atoms in total. The van der Waals surface area contributed by atoms with Crippen molar-refractivity contribution in [2.45, 2.75) is 58.5 Å². The van der Waals surface area contributed by atoms with Crippen LogP contribution in [0.25, 0.3) is 0 Å². The Morgan fingerprint density at radius 3 is 2.89 bits per heavy atom. The molecule has 0 spiro atoms. The zero-order valence-corrected chi connectivity index (χ0v) is 12.7. The summed E-state index contributed by atoms with van der Waals surface area (Å²) in [6.07, 6.45) is 4.26. The molecule has 3 unspecified atom stereocenters.